The second kappa shape index (κ2) is 10.9. The number of nitrogens with one attached hydrogen (secondary N) is 2. The van der Waals surface area contributed by atoms with Crippen molar-refractivity contribution in [2.24, 2.45) is 4.99 Å². The van der Waals surface area contributed by atoms with Crippen LogP contribution in [0.1, 0.15) is 23.2 Å². The lowest BCUT2D eigenvalue weighted by atomic mass is 10.2. The number of thiazole rings is 1. The predicted molar refractivity (Wildman–Crippen MR) is 111 cm³/mol. The Morgan fingerprint density at radius 1 is 1.23 bits per heavy atom. The van der Waals surface area contributed by atoms with Crippen LogP contribution in [-0.4, -0.2) is 24.0 Å². The highest BCUT2D eigenvalue weighted by atomic mass is 127. The summed E-state index contributed by atoms with van der Waals surface area (Å²) in [7, 11) is 0. The van der Waals surface area contributed by atoms with Crippen molar-refractivity contribution in [3.05, 3.63) is 50.9 Å². The van der Waals surface area contributed by atoms with Crippen molar-refractivity contribution < 1.29 is 13.2 Å². The van der Waals surface area contributed by atoms with E-state index in [0.717, 1.165) is 22.3 Å². The van der Waals surface area contributed by atoms with Crippen LogP contribution < -0.4 is 10.6 Å². The van der Waals surface area contributed by atoms with Crippen molar-refractivity contribution >= 4 is 52.9 Å². The molecule has 0 saturated carbocycles. The Bertz CT molecular complexity index is 704. The van der Waals surface area contributed by atoms with Gasteiger partial charge in [-0.3, -0.25) is 0 Å². The van der Waals surface area contributed by atoms with E-state index in [1.54, 1.807) is 12.1 Å². The first-order chi connectivity index (χ1) is 11.9. The molecule has 0 aliphatic carbocycles. The van der Waals surface area contributed by atoms with Crippen molar-refractivity contribution in [3.8, 4) is 0 Å². The van der Waals surface area contributed by atoms with Gasteiger partial charge in [0, 0.05) is 29.9 Å². The van der Waals surface area contributed by atoms with Crippen LogP contribution in [0.25, 0.3) is 0 Å². The zero-order chi connectivity index (χ0) is 18.3. The summed E-state index contributed by atoms with van der Waals surface area (Å²) < 4.78 is 37.6. The van der Waals surface area contributed by atoms with E-state index in [9.17, 15) is 13.2 Å². The number of hydrogen-bond acceptors (Lipinski definition) is 3. The Morgan fingerprint density at radius 2 is 1.92 bits per heavy atom. The molecule has 0 saturated heterocycles. The molecule has 0 unspecified atom stereocenters. The molecular formula is C16H19ClF3IN4S. The average Bonchev–Trinajstić information content (AvgIpc) is 3.03. The number of aliphatic imine (C=N–C) groups is 1. The highest BCUT2D eigenvalue weighted by Crippen LogP contribution is 2.29. The number of rotatable bonds is 6. The van der Waals surface area contributed by atoms with Gasteiger partial charge in [0.2, 0.25) is 0 Å². The zero-order valence-electron chi connectivity index (χ0n) is 13.9. The standard InChI is InChI=1S/C16H18ClF3N4S.HI/c1-2-21-15(23-9-11-3-5-12(17)6-4-11)22-8-7-14-24-13(10-25-14)16(18,19)20;/h3-6,10H,2,7-9H2,1H3,(H2,21,22,23);1H. The van der Waals surface area contributed by atoms with E-state index in [1.165, 1.54) is 0 Å². The number of benzene rings is 1. The number of alkyl halides is 3. The normalized spacial score (nSPS) is 11.8. The highest BCUT2D eigenvalue weighted by Gasteiger charge is 2.33. The van der Waals surface area contributed by atoms with Crippen LogP contribution in [0, 0.1) is 0 Å². The monoisotopic (exact) mass is 518 g/mol. The number of aromatic nitrogens is 1. The van der Waals surface area contributed by atoms with E-state index in [0.29, 0.717) is 42.0 Å². The molecule has 0 aliphatic rings. The second-order valence-corrected chi connectivity index (χ2v) is 6.50. The molecule has 0 spiro atoms. The topological polar surface area (TPSA) is 49.3 Å². The zero-order valence-corrected chi connectivity index (χ0v) is 17.8. The van der Waals surface area contributed by atoms with E-state index in [1.807, 2.05) is 19.1 Å². The van der Waals surface area contributed by atoms with Gasteiger partial charge in [-0.15, -0.1) is 35.3 Å². The van der Waals surface area contributed by atoms with Gasteiger partial charge in [-0.05, 0) is 24.6 Å². The maximum absolute atomic E-state index is 12.5. The molecule has 0 radical (unpaired) electrons. The molecule has 1 aromatic carbocycles. The Balaban J connectivity index is 0.00000338. The third-order valence-electron chi connectivity index (χ3n) is 3.15. The van der Waals surface area contributed by atoms with Crippen LogP contribution in [0.5, 0.6) is 0 Å². The Hall–Kier alpha value is -1.07. The summed E-state index contributed by atoms with van der Waals surface area (Å²) in [6.45, 7) is 3.54. The Kier molecular flexibility index (Phi) is 9.66. The molecule has 0 bridgehead atoms. The van der Waals surface area contributed by atoms with Crippen LogP contribution >= 0.6 is 46.9 Å². The average molecular weight is 519 g/mol. The summed E-state index contributed by atoms with van der Waals surface area (Å²) in [6.07, 6.45) is -4.00. The maximum atomic E-state index is 12.5. The molecule has 2 rings (SSSR count). The molecule has 4 nitrogen and oxygen atoms in total. The Labute approximate surface area is 176 Å². The molecule has 1 aromatic heterocycles. The number of hydrogen-bond donors (Lipinski definition) is 2. The van der Waals surface area contributed by atoms with Gasteiger partial charge in [-0.2, -0.15) is 13.2 Å². The van der Waals surface area contributed by atoms with E-state index < -0.39 is 11.9 Å². The van der Waals surface area contributed by atoms with E-state index >= 15 is 0 Å². The van der Waals surface area contributed by atoms with Gasteiger partial charge in [0.1, 0.15) is 0 Å². The highest BCUT2D eigenvalue weighted by molar-refractivity contribution is 14.0. The van der Waals surface area contributed by atoms with Gasteiger partial charge in [0.25, 0.3) is 0 Å². The summed E-state index contributed by atoms with van der Waals surface area (Å²) in [5, 5.41) is 8.33. The first-order valence-corrected chi connectivity index (χ1v) is 8.92. The number of halogens is 5. The van der Waals surface area contributed by atoms with Gasteiger partial charge >= 0.3 is 6.18 Å². The van der Waals surface area contributed by atoms with Crippen molar-refractivity contribution in [2.75, 3.05) is 13.1 Å². The minimum Gasteiger partial charge on any atom is -0.357 e. The predicted octanol–water partition coefficient (Wildman–Crippen LogP) is 4.73. The molecule has 2 aromatic rings. The van der Waals surface area contributed by atoms with Gasteiger partial charge in [0.15, 0.2) is 11.7 Å². The first kappa shape index (κ1) is 23.0. The smallest absolute Gasteiger partial charge is 0.357 e. The molecule has 2 N–H and O–H groups in total. The van der Waals surface area contributed by atoms with Crippen LogP contribution in [0.2, 0.25) is 5.02 Å². The summed E-state index contributed by atoms with van der Waals surface area (Å²) in [5.74, 6) is 0.602. The molecule has 0 aliphatic heterocycles. The van der Waals surface area contributed by atoms with E-state index in [-0.39, 0.29) is 24.0 Å². The van der Waals surface area contributed by atoms with Crippen molar-refractivity contribution in [3.63, 3.8) is 0 Å². The minimum atomic E-state index is -4.39. The number of guanidine groups is 1. The third-order valence-corrected chi connectivity index (χ3v) is 4.31. The van der Waals surface area contributed by atoms with Crippen LogP contribution in [0.3, 0.4) is 0 Å². The maximum Gasteiger partial charge on any atom is 0.434 e. The second-order valence-electron chi connectivity index (χ2n) is 5.12. The summed E-state index contributed by atoms with van der Waals surface area (Å²) >= 11 is 6.85. The van der Waals surface area contributed by atoms with Crippen molar-refractivity contribution in [2.45, 2.75) is 26.1 Å². The summed E-state index contributed by atoms with van der Waals surface area (Å²) in [5.41, 5.74) is 0.173. The molecule has 1 heterocycles. The van der Waals surface area contributed by atoms with E-state index in [4.69, 9.17) is 11.6 Å². The largest absolute Gasteiger partial charge is 0.434 e. The minimum absolute atomic E-state index is 0. The summed E-state index contributed by atoms with van der Waals surface area (Å²) in [6, 6.07) is 7.38. The molecule has 26 heavy (non-hydrogen) atoms. The summed E-state index contributed by atoms with van der Waals surface area (Å²) in [4.78, 5) is 8.05. The molecule has 10 heteroatoms. The van der Waals surface area contributed by atoms with Crippen LogP contribution in [-0.2, 0) is 19.1 Å². The molecule has 0 atom stereocenters. The fourth-order valence-corrected chi connectivity index (χ4v) is 2.88. The quantitative estimate of drug-likeness (QED) is 0.330. The lowest BCUT2D eigenvalue weighted by Gasteiger charge is -2.10. The van der Waals surface area contributed by atoms with Crippen LogP contribution in [0.15, 0.2) is 34.6 Å². The van der Waals surface area contributed by atoms with Crippen molar-refractivity contribution in [1.82, 2.24) is 15.6 Å². The molecule has 0 amide bonds. The van der Waals surface area contributed by atoms with Gasteiger partial charge in [0.05, 0.1) is 11.6 Å². The molecule has 0 fully saturated rings. The SMILES string of the molecule is CCNC(=NCc1ccc(Cl)cc1)NCCc1nc(C(F)(F)F)cs1.I. The van der Waals surface area contributed by atoms with Gasteiger partial charge in [-0.1, -0.05) is 23.7 Å². The third kappa shape index (κ3) is 7.67. The molecular weight excluding hydrogens is 500 g/mol. The van der Waals surface area contributed by atoms with E-state index in [2.05, 4.69) is 20.6 Å². The molecule has 144 valence electrons. The number of nitrogens with zero attached hydrogens (tertiary/aromatic N) is 2. The van der Waals surface area contributed by atoms with Crippen molar-refractivity contribution in [1.29, 1.82) is 0 Å². The lowest BCUT2D eigenvalue weighted by Crippen LogP contribution is -2.38. The van der Waals surface area contributed by atoms with Gasteiger partial charge < -0.3 is 10.6 Å². The fourth-order valence-electron chi connectivity index (χ4n) is 1.95. The van der Waals surface area contributed by atoms with Gasteiger partial charge in [-0.25, -0.2) is 9.98 Å². The lowest BCUT2D eigenvalue weighted by molar-refractivity contribution is -0.140. The fraction of sp³-hybridized carbons (Fsp3) is 0.375. The first-order valence-electron chi connectivity index (χ1n) is 7.66. The Morgan fingerprint density at radius 3 is 2.50 bits per heavy atom. The van der Waals surface area contributed by atoms with Crippen LogP contribution in [0.4, 0.5) is 13.2 Å².